The summed E-state index contributed by atoms with van der Waals surface area (Å²) in [5.41, 5.74) is 1.86. The molecule has 1 atom stereocenters. The minimum Gasteiger partial charge on any atom is -0.381 e. The zero-order valence-electron chi connectivity index (χ0n) is 13.4. The Morgan fingerprint density at radius 2 is 2.13 bits per heavy atom. The molecular weight excluding hydrogens is 294 g/mol. The van der Waals surface area contributed by atoms with Crippen LogP contribution in [0.5, 0.6) is 0 Å². The minimum atomic E-state index is -0.773. The molecule has 0 aromatic carbocycles. The first-order valence-corrected chi connectivity index (χ1v) is 8.26. The van der Waals surface area contributed by atoms with Crippen LogP contribution < -0.4 is 0 Å². The molecule has 0 spiro atoms. The smallest absolute Gasteiger partial charge is 0.155 e. The fourth-order valence-corrected chi connectivity index (χ4v) is 3.58. The summed E-state index contributed by atoms with van der Waals surface area (Å²) in [6, 6.07) is 2.63. The van der Waals surface area contributed by atoms with Crippen LogP contribution in [-0.4, -0.2) is 55.1 Å². The first-order chi connectivity index (χ1) is 11.2. The van der Waals surface area contributed by atoms with Crippen LogP contribution in [0.4, 0.5) is 0 Å². The Morgan fingerprint density at radius 3 is 2.87 bits per heavy atom. The Balaban J connectivity index is 1.52. The molecule has 0 bridgehead atoms. The van der Waals surface area contributed by atoms with E-state index in [0.29, 0.717) is 17.6 Å². The number of rotatable bonds is 3. The van der Waals surface area contributed by atoms with Gasteiger partial charge in [-0.15, -0.1) is 0 Å². The molecular formula is C16H23N5O2. The van der Waals surface area contributed by atoms with Crippen molar-refractivity contribution in [1.82, 2.24) is 24.2 Å². The van der Waals surface area contributed by atoms with E-state index in [2.05, 4.69) is 15.0 Å². The molecule has 7 nitrogen and oxygen atoms in total. The molecule has 0 unspecified atom stereocenters. The molecule has 2 aromatic heterocycles. The van der Waals surface area contributed by atoms with E-state index >= 15 is 0 Å². The number of fused-ring (bicyclic) bond motifs is 1. The molecule has 124 valence electrons. The first-order valence-electron chi connectivity index (χ1n) is 8.26. The Bertz CT molecular complexity index is 674. The number of hydrogen-bond acceptors (Lipinski definition) is 5. The van der Waals surface area contributed by atoms with Crippen molar-refractivity contribution in [3.05, 3.63) is 35.7 Å². The van der Waals surface area contributed by atoms with Crippen molar-refractivity contribution in [3.8, 4) is 0 Å². The fourth-order valence-electron chi connectivity index (χ4n) is 3.58. The zero-order valence-corrected chi connectivity index (χ0v) is 13.4. The molecule has 2 aliphatic heterocycles. The normalized spacial score (nSPS) is 21.3. The number of hydrogen-bond donors (Lipinski definition) is 1. The number of aliphatic hydroxyl groups excluding tert-OH is 1. The molecule has 23 heavy (non-hydrogen) atoms. The van der Waals surface area contributed by atoms with Gasteiger partial charge >= 0.3 is 0 Å². The zero-order chi connectivity index (χ0) is 15.8. The monoisotopic (exact) mass is 317 g/mol. The second-order valence-electron chi connectivity index (χ2n) is 6.40. The lowest BCUT2D eigenvalue weighted by atomic mass is 10.1. The van der Waals surface area contributed by atoms with Crippen LogP contribution in [0, 0.1) is 0 Å². The lowest BCUT2D eigenvalue weighted by Crippen LogP contribution is -2.43. The summed E-state index contributed by atoms with van der Waals surface area (Å²) in [5, 5.41) is 15.1. The quantitative estimate of drug-likeness (QED) is 0.902. The number of nitrogens with zero attached hydrogens (tertiary/aromatic N) is 5. The highest BCUT2D eigenvalue weighted by Crippen LogP contribution is 2.25. The number of aromatic nitrogens is 4. The highest BCUT2D eigenvalue weighted by molar-refractivity contribution is 5.19. The van der Waals surface area contributed by atoms with Gasteiger partial charge in [0.15, 0.2) is 6.10 Å². The van der Waals surface area contributed by atoms with Crippen LogP contribution in [0.15, 0.2) is 18.5 Å². The molecule has 4 rings (SSSR count). The molecule has 1 N–H and O–H groups in total. The second kappa shape index (κ2) is 6.07. The summed E-state index contributed by atoms with van der Waals surface area (Å²) in [4.78, 5) is 6.75. The third-order valence-electron chi connectivity index (χ3n) is 4.94. The van der Waals surface area contributed by atoms with Gasteiger partial charge in [-0.2, -0.15) is 5.10 Å². The van der Waals surface area contributed by atoms with Crippen molar-refractivity contribution < 1.29 is 9.84 Å². The third kappa shape index (κ3) is 2.80. The molecule has 7 heteroatoms. The topological polar surface area (TPSA) is 68.3 Å². The Morgan fingerprint density at radius 1 is 1.30 bits per heavy atom. The molecule has 0 saturated carbocycles. The molecule has 0 radical (unpaired) electrons. The van der Waals surface area contributed by atoms with E-state index in [1.54, 1.807) is 6.20 Å². The summed E-state index contributed by atoms with van der Waals surface area (Å²) in [7, 11) is 1.88. The molecule has 0 aliphatic carbocycles. The van der Waals surface area contributed by atoms with E-state index < -0.39 is 6.10 Å². The molecule has 1 saturated heterocycles. The van der Waals surface area contributed by atoms with Crippen molar-refractivity contribution in [2.24, 2.45) is 7.05 Å². The molecule has 0 amide bonds. The van der Waals surface area contributed by atoms with Gasteiger partial charge in [-0.1, -0.05) is 0 Å². The van der Waals surface area contributed by atoms with Crippen molar-refractivity contribution in [2.75, 3.05) is 19.8 Å². The average Bonchev–Trinajstić information content (AvgIpc) is 3.20. The van der Waals surface area contributed by atoms with Gasteiger partial charge in [-0.05, 0) is 18.9 Å². The Hall–Kier alpha value is -1.70. The standard InChI is InChI=1S/C16H23N5O2/c1-19-5-4-17-16(19)15(22)14-10-13-11-20(6-7-21(13)18-14)12-2-8-23-9-3-12/h4-5,10,12,15,22H,2-3,6-9,11H2,1H3/t15-/m0/s1. The van der Waals surface area contributed by atoms with Crippen LogP contribution in [-0.2, 0) is 24.9 Å². The number of imidazole rings is 1. The highest BCUT2D eigenvalue weighted by Gasteiger charge is 2.28. The fraction of sp³-hybridized carbons (Fsp3) is 0.625. The third-order valence-corrected chi connectivity index (χ3v) is 4.94. The van der Waals surface area contributed by atoms with Crippen molar-refractivity contribution >= 4 is 0 Å². The first kappa shape index (κ1) is 14.9. The van der Waals surface area contributed by atoms with E-state index in [0.717, 1.165) is 45.7 Å². The van der Waals surface area contributed by atoms with Gasteiger partial charge in [0.05, 0.1) is 17.9 Å². The van der Waals surface area contributed by atoms with E-state index in [1.165, 1.54) is 5.69 Å². The maximum atomic E-state index is 10.5. The lowest BCUT2D eigenvalue weighted by molar-refractivity contribution is 0.0232. The van der Waals surface area contributed by atoms with Gasteiger partial charge < -0.3 is 14.4 Å². The van der Waals surface area contributed by atoms with Crippen molar-refractivity contribution in [2.45, 2.75) is 38.1 Å². The predicted molar refractivity (Wildman–Crippen MR) is 83.7 cm³/mol. The molecule has 2 aromatic rings. The summed E-state index contributed by atoms with van der Waals surface area (Å²) < 4.78 is 9.32. The van der Waals surface area contributed by atoms with Gasteiger partial charge in [0, 0.05) is 51.8 Å². The van der Waals surface area contributed by atoms with Gasteiger partial charge in [-0.25, -0.2) is 4.98 Å². The van der Waals surface area contributed by atoms with Crippen LogP contribution in [0.1, 0.15) is 36.2 Å². The van der Waals surface area contributed by atoms with E-state index in [-0.39, 0.29) is 0 Å². The maximum absolute atomic E-state index is 10.5. The predicted octanol–water partition coefficient (Wildman–Crippen LogP) is 0.693. The highest BCUT2D eigenvalue weighted by atomic mass is 16.5. The van der Waals surface area contributed by atoms with Crippen molar-refractivity contribution in [1.29, 1.82) is 0 Å². The average molecular weight is 317 g/mol. The van der Waals surface area contributed by atoms with Crippen molar-refractivity contribution in [3.63, 3.8) is 0 Å². The van der Waals surface area contributed by atoms with Gasteiger partial charge in [0.25, 0.3) is 0 Å². The largest absolute Gasteiger partial charge is 0.381 e. The summed E-state index contributed by atoms with van der Waals surface area (Å²) in [6.45, 7) is 4.51. The maximum Gasteiger partial charge on any atom is 0.155 e. The summed E-state index contributed by atoms with van der Waals surface area (Å²) in [5.74, 6) is 0.627. The van der Waals surface area contributed by atoms with E-state index in [1.807, 2.05) is 28.6 Å². The van der Waals surface area contributed by atoms with Gasteiger partial charge in [0.1, 0.15) is 5.82 Å². The lowest BCUT2D eigenvalue weighted by Gasteiger charge is -2.36. The number of aryl methyl sites for hydroxylation is 1. The molecule has 2 aliphatic rings. The summed E-state index contributed by atoms with van der Waals surface area (Å²) >= 11 is 0. The molecule has 1 fully saturated rings. The molecule has 4 heterocycles. The van der Waals surface area contributed by atoms with Crippen LogP contribution in [0.2, 0.25) is 0 Å². The minimum absolute atomic E-state index is 0.607. The summed E-state index contributed by atoms with van der Waals surface area (Å²) in [6.07, 6.45) is 4.97. The number of ether oxygens (including phenoxy) is 1. The van der Waals surface area contributed by atoms with Crippen LogP contribution in [0.25, 0.3) is 0 Å². The van der Waals surface area contributed by atoms with E-state index in [9.17, 15) is 5.11 Å². The SMILES string of the molecule is Cn1ccnc1[C@@H](O)c1cc2n(n1)CCN(C1CCOCC1)C2. The van der Waals surface area contributed by atoms with Crippen LogP contribution in [0.3, 0.4) is 0 Å². The van der Waals surface area contributed by atoms with Gasteiger partial charge in [-0.3, -0.25) is 9.58 Å². The van der Waals surface area contributed by atoms with Crippen LogP contribution >= 0.6 is 0 Å². The van der Waals surface area contributed by atoms with E-state index in [4.69, 9.17) is 4.74 Å². The Labute approximate surface area is 135 Å². The number of aliphatic hydroxyl groups is 1. The van der Waals surface area contributed by atoms with Gasteiger partial charge in [0.2, 0.25) is 0 Å². The Kier molecular flexibility index (Phi) is 3.92. The second-order valence-corrected chi connectivity index (χ2v) is 6.40.